The summed E-state index contributed by atoms with van der Waals surface area (Å²) in [7, 11) is 0. The lowest BCUT2D eigenvalue weighted by molar-refractivity contribution is -0.0668. The number of allylic oxidation sites excluding steroid dienone is 1. The molecule has 178 valence electrons. The minimum atomic E-state index is -0.102. The van der Waals surface area contributed by atoms with E-state index in [0.717, 1.165) is 55.0 Å². The average Bonchev–Trinajstić information content (AvgIpc) is 3.00. The van der Waals surface area contributed by atoms with Gasteiger partial charge in [0, 0.05) is 6.61 Å². The highest BCUT2D eigenvalue weighted by Crippen LogP contribution is 2.67. The highest BCUT2D eigenvalue weighted by atomic mass is 16.5. The Morgan fingerprint density at radius 1 is 1.10 bits per heavy atom. The van der Waals surface area contributed by atoms with E-state index >= 15 is 0 Å². The lowest BCUT2D eigenvalue weighted by Gasteiger charge is -2.58. The van der Waals surface area contributed by atoms with Crippen LogP contribution in [-0.2, 0) is 4.74 Å². The SMILES string of the molecule is CCOC1C[C@H]2[C@@H]3CC=C4C[C@@H](O)CC[C@]4(C)[C@H]3CC[C@]2(C)[C@H]1[C@H](C)CCCC(C)C. The van der Waals surface area contributed by atoms with Crippen LogP contribution in [0.1, 0.15) is 106 Å². The maximum absolute atomic E-state index is 10.3. The molecule has 2 nitrogen and oxygen atoms in total. The van der Waals surface area contributed by atoms with Crippen molar-refractivity contribution in [1.82, 2.24) is 0 Å². The Bertz CT molecular complexity index is 653. The minimum absolute atomic E-state index is 0.102. The van der Waals surface area contributed by atoms with Crippen molar-refractivity contribution in [2.24, 2.45) is 46.3 Å². The number of aliphatic hydroxyl groups excluding tert-OH is 1. The second kappa shape index (κ2) is 9.13. The maximum atomic E-state index is 10.3. The molecule has 2 heteroatoms. The van der Waals surface area contributed by atoms with Crippen molar-refractivity contribution in [3.8, 4) is 0 Å². The van der Waals surface area contributed by atoms with Crippen LogP contribution in [-0.4, -0.2) is 23.9 Å². The van der Waals surface area contributed by atoms with Gasteiger partial charge in [-0.05, 0) is 98.2 Å². The van der Waals surface area contributed by atoms with E-state index in [1.807, 2.05) is 0 Å². The Balaban J connectivity index is 1.57. The third-order valence-electron chi connectivity index (χ3n) is 10.6. The zero-order valence-corrected chi connectivity index (χ0v) is 21.3. The number of fused-ring (bicyclic) bond motifs is 5. The lowest BCUT2D eigenvalue weighted by atomic mass is 9.47. The van der Waals surface area contributed by atoms with Crippen LogP contribution < -0.4 is 0 Å². The minimum Gasteiger partial charge on any atom is -0.393 e. The second-order valence-corrected chi connectivity index (χ2v) is 12.8. The van der Waals surface area contributed by atoms with Crippen molar-refractivity contribution >= 4 is 0 Å². The summed E-state index contributed by atoms with van der Waals surface area (Å²) in [5.74, 6) is 4.74. The zero-order chi connectivity index (χ0) is 22.4. The number of hydrogen-bond acceptors (Lipinski definition) is 2. The molecule has 9 atom stereocenters. The van der Waals surface area contributed by atoms with E-state index in [1.165, 1.54) is 51.4 Å². The Labute approximate surface area is 192 Å². The fourth-order valence-corrected chi connectivity index (χ4v) is 9.10. The molecule has 0 aliphatic heterocycles. The van der Waals surface area contributed by atoms with E-state index in [1.54, 1.807) is 5.57 Å². The van der Waals surface area contributed by atoms with Crippen LogP contribution in [0.4, 0.5) is 0 Å². The van der Waals surface area contributed by atoms with Crippen molar-refractivity contribution < 1.29 is 9.84 Å². The fraction of sp³-hybridized carbons (Fsp3) is 0.931. The van der Waals surface area contributed by atoms with Crippen LogP contribution in [0.3, 0.4) is 0 Å². The van der Waals surface area contributed by atoms with Crippen LogP contribution in [0, 0.1) is 46.3 Å². The summed E-state index contributed by atoms with van der Waals surface area (Å²) >= 11 is 0. The number of ether oxygens (including phenoxy) is 1. The summed E-state index contributed by atoms with van der Waals surface area (Å²) in [4.78, 5) is 0. The molecular formula is C29H50O2. The third kappa shape index (κ3) is 4.18. The molecule has 0 bridgehead atoms. The van der Waals surface area contributed by atoms with Crippen molar-refractivity contribution in [3.05, 3.63) is 11.6 Å². The van der Waals surface area contributed by atoms with Gasteiger partial charge in [0.15, 0.2) is 0 Å². The summed E-state index contributed by atoms with van der Waals surface area (Å²) in [5.41, 5.74) is 2.37. The van der Waals surface area contributed by atoms with Gasteiger partial charge in [0.2, 0.25) is 0 Å². The smallest absolute Gasteiger partial charge is 0.0613 e. The van der Waals surface area contributed by atoms with Crippen molar-refractivity contribution in [1.29, 1.82) is 0 Å². The Hall–Kier alpha value is -0.340. The van der Waals surface area contributed by atoms with Crippen LogP contribution in [0.5, 0.6) is 0 Å². The van der Waals surface area contributed by atoms with E-state index in [-0.39, 0.29) is 6.10 Å². The van der Waals surface area contributed by atoms with Gasteiger partial charge in [-0.1, -0.05) is 65.5 Å². The van der Waals surface area contributed by atoms with E-state index in [0.29, 0.717) is 16.9 Å². The summed E-state index contributed by atoms with van der Waals surface area (Å²) in [6.07, 6.45) is 15.4. The van der Waals surface area contributed by atoms with E-state index < -0.39 is 0 Å². The lowest BCUT2D eigenvalue weighted by Crippen LogP contribution is -2.51. The Morgan fingerprint density at radius 2 is 1.87 bits per heavy atom. The molecule has 0 aromatic carbocycles. The van der Waals surface area contributed by atoms with E-state index in [4.69, 9.17) is 4.74 Å². The van der Waals surface area contributed by atoms with Crippen LogP contribution >= 0.6 is 0 Å². The summed E-state index contributed by atoms with van der Waals surface area (Å²) < 4.78 is 6.50. The number of hydrogen-bond donors (Lipinski definition) is 1. The standard InChI is InChI=1S/C29H50O2/c1-7-31-26-18-25-23-12-11-21-17-22(30)13-15-28(21,5)24(23)14-16-29(25,6)27(26)20(4)10-8-9-19(2)3/h11,19-20,22-27,30H,7-10,12-18H2,1-6H3/t20-,22+,23-,24+,25+,26?,27+,28+,29+/m1/s1. The monoisotopic (exact) mass is 430 g/mol. The van der Waals surface area contributed by atoms with Gasteiger partial charge in [0.25, 0.3) is 0 Å². The van der Waals surface area contributed by atoms with Crippen molar-refractivity contribution in [3.63, 3.8) is 0 Å². The molecule has 1 unspecified atom stereocenters. The molecule has 0 heterocycles. The van der Waals surface area contributed by atoms with E-state index in [9.17, 15) is 5.11 Å². The second-order valence-electron chi connectivity index (χ2n) is 12.8. The van der Waals surface area contributed by atoms with Gasteiger partial charge in [-0.25, -0.2) is 0 Å². The van der Waals surface area contributed by atoms with Crippen LogP contribution in [0.15, 0.2) is 11.6 Å². The van der Waals surface area contributed by atoms with Gasteiger partial charge in [-0.2, -0.15) is 0 Å². The third-order valence-corrected chi connectivity index (χ3v) is 10.6. The molecule has 0 spiro atoms. The van der Waals surface area contributed by atoms with E-state index in [2.05, 4.69) is 47.6 Å². The van der Waals surface area contributed by atoms with Gasteiger partial charge < -0.3 is 9.84 Å². The molecule has 4 aliphatic rings. The Morgan fingerprint density at radius 3 is 2.58 bits per heavy atom. The molecule has 0 amide bonds. The topological polar surface area (TPSA) is 29.5 Å². The molecule has 3 fully saturated rings. The fourth-order valence-electron chi connectivity index (χ4n) is 9.10. The predicted octanol–water partition coefficient (Wildman–Crippen LogP) is 7.40. The maximum Gasteiger partial charge on any atom is 0.0613 e. The highest BCUT2D eigenvalue weighted by Gasteiger charge is 2.62. The predicted molar refractivity (Wildman–Crippen MR) is 130 cm³/mol. The zero-order valence-electron chi connectivity index (χ0n) is 21.3. The van der Waals surface area contributed by atoms with Gasteiger partial charge in [-0.3, -0.25) is 0 Å². The first kappa shape index (κ1) is 23.8. The van der Waals surface area contributed by atoms with Crippen molar-refractivity contribution in [2.75, 3.05) is 6.61 Å². The molecule has 0 saturated heterocycles. The molecule has 0 aromatic rings. The largest absolute Gasteiger partial charge is 0.393 e. The highest BCUT2D eigenvalue weighted by molar-refractivity contribution is 5.25. The normalized spacial score (nSPS) is 45.6. The molecule has 0 radical (unpaired) electrons. The van der Waals surface area contributed by atoms with Gasteiger partial charge in [-0.15, -0.1) is 0 Å². The first-order valence-electron chi connectivity index (χ1n) is 13.7. The molecule has 0 aromatic heterocycles. The summed E-state index contributed by atoms with van der Waals surface area (Å²) in [6.45, 7) is 15.5. The average molecular weight is 431 g/mol. The molecule has 3 saturated carbocycles. The van der Waals surface area contributed by atoms with Crippen LogP contribution in [0.25, 0.3) is 0 Å². The van der Waals surface area contributed by atoms with Crippen molar-refractivity contribution in [2.45, 2.75) is 118 Å². The summed E-state index contributed by atoms with van der Waals surface area (Å²) in [6, 6.07) is 0. The molecular weight excluding hydrogens is 380 g/mol. The van der Waals surface area contributed by atoms with Gasteiger partial charge in [0.05, 0.1) is 12.2 Å². The quantitative estimate of drug-likeness (QED) is 0.426. The Kier molecular flexibility index (Phi) is 7.01. The number of rotatable bonds is 7. The van der Waals surface area contributed by atoms with Gasteiger partial charge >= 0.3 is 0 Å². The molecule has 31 heavy (non-hydrogen) atoms. The first-order chi connectivity index (χ1) is 14.7. The van der Waals surface area contributed by atoms with Gasteiger partial charge in [0.1, 0.15) is 0 Å². The molecule has 4 aliphatic carbocycles. The molecule has 4 rings (SSSR count). The first-order valence-corrected chi connectivity index (χ1v) is 13.7. The number of aliphatic hydroxyl groups is 1. The van der Waals surface area contributed by atoms with Crippen LogP contribution in [0.2, 0.25) is 0 Å². The summed E-state index contributed by atoms with van der Waals surface area (Å²) in [5, 5.41) is 10.3. The molecule has 1 N–H and O–H groups in total.